The van der Waals surface area contributed by atoms with E-state index in [2.05, 4.69) is 16.8 Å². The molecule has 0 radical (unpaired) electrons. The van der Waals surface area contributed by atoms with E-state index in [4.69, 9.17) is 10.2 Å². The quantitative estimate of drug-likeness (QED) is 0.930. The molecule has 1 aliphatic rings. The molecule has 0 spiro atoms. The zero-order chi connectivity index (χ0) is 11.7. The molecule has 0 aliphatic carbocycles. The number of aryl methyl sites for hydroxylation is 2. The van der Waals surface area contributed by atoms with E-state index in [-0.39, 0.29) is 30.9 Å². The fourth-order valence-corrected chi connectivity index (χ4v) is 2.23. The van der Waals surface area contributed by atoms with E-state index in [1.165, 1.54) is 6.42 Å². The highest BCUT2D eigenvalue weighted by atomic mass is 35.5. The number of aromatic nitrogens is 1. The van der Waals surface area contributed by atoms with Crippen molar-refractivity contribution in [1.29, 1.82) is 0 Å². The van der Waals surface area contributed by atoms with Gasteiger partial charge in [0.25, 0.3) is 0 Å². The fourth-order valence-electron chi connectivity index (χ4n) is 2.23. The predicted molar refractivity (Wildman–Crippen MR) is 77.5 cm³/mol. The second-order valence-electron chi connectivity index (χ2n) is 4.89. The van der Waals surface area contributed by atoms with Crippen molar-refractivity contribution in [2.45, 2.75) is 39.8 Å². The van der Waals surface area contributed by atoms with Gasteiger partial charge in [0.15, 0.2) is 0 Å². The third kappa shape index (κ3) is 4.12. The Kier molecular flexibility index (Phi) is 7.22. The Morgan fingerprint density at radius 1 is 1.44 bits per heavy atom. The number of nitrogens with two attached hydrogens (primary N) is 1. The summed E-state index contributed by atoms with van der Waals surface area (Å²) in [5.41, 5.74) is 6.91. The minimum absolute atomic E-state index is 0. The first-order chi connectivity index (χ1) is 7.56. The standard InChI is InChI=1S/C12H21N3O.2ClH/c1-8(13)11-4-5-15(6-11)7-12-14-9(2)10(3)16-12;;/h8,11H,4-7,13H2,1-3H3;2*1H. The third-order valence-corrected chi connectivity index (χ3v) is 3.48. The highest BCUT2D eigenvalue weighted by Crippen LogP contribution is 2.21. The Balaban J connectivity index is 0.00000144. The maximum Gasteiger partial charge on any atom is 0.208 e. The fraction of sp³-hybridized carbons (Fsp3) is 0.750. The molecule has 0 bridgehead atoms. The summed E-state index contributed by atoms with van der Waals surface area (Å²) in [5, 5.41) is 0. The van der Waals surface area contributed by atoms with E-state index >= 15 is 0 Å². The maximum atomic E-state index is 5.92. The van der Waals surface area contributed by atoms with Crippen LogP contribution in [0.2, 0.25) is 0 Å². The lowest BCUT2D eigenvalue weighted by atomic mass is 10.0. The van der Waals surface area contributed by atoms with Gasteiger partial charge in [0.05, 0.1) is 12.2 Å². The van der Waals surface area contributed by atoms with Crippen LogP contribution in [0.3, 0.4) is 0 Å². The molecule has 2 atom stereocenters. The van der Waals surface area contributed by atoms with E-state index in [9.17, 15) is 0 Å². The molecular formula is C12H23Cl2N3O. The molecule has 1 fully saturated rings. The van der Waals surface area contributed by atoms with E-state index in [0.717, 1.165) is 37.0 Å². The van der Waals surface area contributed by atoms with Crippen molar-refractivity contribution in [2.24, 2.45) is 11.7 Å². The van der Waals surface area contributed by atoms with E-state index in [1.807, 2.05) is 13.8 Å². The Morgan fingerprint density at radius 3 is 2.56 bits per heavy atom. The van der Waals surface area contributed by atoms with Gasteiger partial charge >= 0.3 is 0 Å². The van der Waals surface area contributed by atoms with Gasteiger partial charge in [-0.25, -0.2) is 4.98 Å². The highest BCUT2D eigenvalue weighted by molar-refractivity contribution is 5.85. The van der Waals surface area contributed by atoms with Crippen LogP contribution in [-0.4, -0.2) is 29.0 Å². The molecule has 0 amide bonds. The summed E-state index contributed by atoms with van der Waals surface area (Å²) in [4.78, 5) is 6.78. The minimum Gasteiger partial charge on any atom is -0.444 e. The number of halogens is 2. The molecule has 1 aromatic rings. The monoisotopic (exact) mass is 295 g/mol. The summed E-state index contributed by atoms with van der Waals surface area (Å²) in [6.45, 7) is 9.02. The maximum absolute atomic E-state index is 5.92. The van der Waals surface area contributed by atoms with Gasteiger partial charge in [0, 0.05) is 12.6 Å². The summed E-state index contributed by atoms with van der Waals surface area (Å²) in [5.74, 6) is 2.38. The van der Waals surface area contributed by atoms with Crippen molar-refractivity contribution < 1.29 is 4.42 Å². The van der Waals surface area contributed by atoms with Gasteiger partial charge in [-0.05, 0) is 39.7 Å². The summed E-state index contributed by atoms with van der Waals surface area (Å²) in [7, 11) is 0. The summed E-state index contributed by atoms with van der Waals surface area (Å²) >= 11 is 0. The second-order valence-corrected chi connectivity index (χ2v) is 4.89. The van der Waals surface area contributed by atoms with Crippen molar-refractivity contribution in [1.82, 2.24) is 9.88 Å². The van der Waals surface area contributed by atoms with Crippen molar-refractivity contribution in [3.05, 3.63) is 17.3 Å². The van der Waals surface area contributed by atoms with Crippen molar-refractivity contribution >= 4 is 24.8 Å². The molecule has 6 heteroatoms. The zero-order valence-electron chi connectivity index (χ0n) is 11.2. The van der Waals surface area contributed by atoms with E-state index < -0.39 is 0 Å². The summed E-state index contributed by atoms with van der Waals surface area (Å²) in [6, 6.07) is 0.290. The molecule has 2 unspecified atom stereocenters. The molecule has 1 aliphatic heterocycles. The predicted octanol–water partition coefficient (Wildman–Crippen LogP) is 2.30. The Hall–Kier alpha value is -0.290. The lowest BCUT2D eigenvalue weighted by Gasteiger charge is -2.16. The Bertz CT molecular complexity index is 349. The first-order valence-electron chi connectivity index (χ1n) is 5.97. The number of hydrogen-bond donors (Lipinski definition) is 1. The zero-order valence-corrected chi connectivity index (χ0v) is 12.8. The summed E-state index contributed by atoms with van der Waals surface area (Å²) in [6.07, 6.45) is 1.19. The van der Waals surface area contributed by atoms with Crippen molar-refractivity contribution in [2.75, 3.05) is 13.1 Å². The van der Waals surface area contributed by atoms with Crippen LogP contribution in [0.5, 0.6) is 0 Å². The Labute approximate surface area is 121 Å². The van der Waals surface area contributed by atoms with Crippen LogP contribution in [0.1, 0.15) is 30.7 Å². The van der Waals surface area contributed by atoms with Gasteiger partial charge in [-0.1, -0.05) is 0 Å². The van der Waals surface area contributed by atoms with Gasteiger partial charge < -0.3 is 10.2 Å². The minimum atomic E-state index is 0. The molecule has 4 nitrogen and oxygen atoms in total. The average Bonchev–Trinajstić information content (AvgIpc) is 2.76. The lowest BCUT2D eigenvalue weighted by molar-refractivity contribution is 0.273. The van der Waals surface area contributed by atoms with Crippen LogP contribution < -0.4 is 5.73 Å². The summed E-state index contributed by atoms with van der Waals surface area (Å²) < 4.78 is 5.59. The van der Waals surface area contributed by atoms with Crippen molar-refractivity contribution in [3.63, 3.8) is 0 Å². The number of rotatable bonds is 3. The number of oxazole rings is 1. The average molecular weight is 296 g/mol. The third-order valence-electron chi connectivity index (χ3n) is 3.48. The number of hydrogen-bond acceptors (Lipinski definition) is 4. The smallest absolute Gasteiger partial charge is 0.208 e. The lowest BCUT2D eigenvalue weighted by Crippen LogP contribution is -2.29. The molecule has 2 rings (SSSR count). The van der Waals surface area contributed by atoms with Crippen LogP contribution >= 0.6 is 24.8 Å². The van der Waals surface area contributed by atoms with Crippen LogP contribution in [0.4, 0.5) is 0 Å². The number of likely N-dealkylation sites (tertiary alicyclic amines) is 1. The molecule has 106 valence electrons. The van der Waals surface area contributed by atoms with E-state index in [1.54, 1.807) is 0 Å². The van der Waals surface area contributed by atoms with Gasteiger partial charge in [0.2, 0.25) is 5.89 Å². The van der Waals surface area contributed by atoms with Crippen LogP contribution in [-0.2, 0) is 6.54 Å². The first-order valence-corrected chi connectivity index (χ1v) is 5.97. The molecule has 0 saturated carbocycles. The molecule has 2 N–H and O–H groups in total. The molecule has 1 saturated heterocycles. The van der Waals surface area contributed by atoms with Gasteiger partial charge in [-0.15, -0.1) is 24.8 Å². The van der Waals surface area contributed by atoms with E-state index in [0.29, 0.717) is 5.92 Å². The molecule has 0 aromatic carbocycles. The van der Waals surface area contributed by atoms with Gasteiger partial charge in [-0.2, -0.15) is 0 Å². The van der Waals surface area contributed by atoms with Crippen molar-refractivity contribution in [3.8, 4) is 0 Å². The molecular weight excluding hydrogens is 273 g/mol. The molecule has 18 heavy (non-hydrogen) atoms. The normalized spacial score (nSPS) is 21.2. The van der Waals surface area contributed by atoms with Crippen LogP contribution in [0.15, 0.2) is 4.42 Å². The molecule has 2 heterocycles. The van der Waals surface area contributed by atoms with Gasteiger partial charge in [0.1, 0.15) is 5.76 Å². The highest BCUT2D eigenvalue weighted by Gasteiger charge is 2.26. The van der Waals surface area contributed by atoms with Crippen LogP contribution in [0.25, 0.3) is 0 Å². The topological polar surface area (TPSA) is 55.3 Å². The Morgan fingerprint density at radius 2 is 2.11 bits per heavy atom. The molecule has 1 aromatic heterocycles. The SMILES string of the molecule is Cc1nc(CN2CCC(C(C)N)C2)oc1C.Cl.Cl. The van der Waals surface area contributed by atoms with Gasteiger partial charge in [-0.3, -0.25) is 4.90 Å². The second kappa shape index (κ2) is 7.34. The first kappa shape index (κ1) is 17.7. The largest absolute Gasteiger partial charge is 0.444 e. The number of nitrogens with zero attached hydrogens (tertiary/aromatic N) is 2. The van der Waals surface area contributed by atoms with Crippen LogP contribution in [0, 0.1) is 19.8 Å².